The third-order valence-electron chi connectivity index (χ3n) is 7.15. The van der Waals surface area contributed by atoms with Gasteiger partial charge in [0.25, 0.3) is 5.91 Å². The van der Waals surface area contributed by atoms with Gasteiger partial charge in [-0.2, -0.15) is 5.10 Å². The number of anilines is 1. The number of halogens is 1. The second-order valence-electron chi connectivity index (χ2n) is 9.61. The Kier molecular flexibility index (Phi) is 5.26. The van der Waals surface area contributed by atoms with Crippen molar-refractivity contribution in [2.45, 2.75) is 63.1 Å². The number of fused-ring (bicyclic) bond motifs is 1. The van der Waals surface area contributed by atoms with Crippen molar-refractivity contribution in [2.75, 3.05) is 18.4 Å². The molecule has 1 amide bonds. The maximum atomic E-state index is 14.9. The molecule has 9 heteroatoms. The summed E-state index contributed by atoms with van der Waals surface area (Å²) in [6, 6.07) is 3.97. The molecule has 176 valence electrons. The molecular weight excluding hydrogens is 433 g/mol. The second-order valence-corrected chi connectivity index (χ2v) is 9.61. The Morgan fingerprint density at radius 1 is 1.15 bits per heavy atom. The Hall–Kier alpha value is -3.38. The van der Waals surface area contributed by atoms with E-state index < -0.39 is 11.7 Å². The summed E-state index contributed by atoms with van der Waals surface area (Å²) in [6.07, 6.45) is 9.28. The lowest BCUT2D eigenvalue weighted by molar-refractivity contribution is 0.100. The summed E-state index contributed by atoms with van der Waals surface area (Å²) in [4.78, 5) is 17.0. The van der Waals surface area contributed by atoms with Gasteiger partial charge in [-0.3, -0.25) is 4.79 Å². The number of amides is 1. The molecule has 0 spiro atoms. The Bertz CT molecular complexity index is 1310. The number of nitrogens with two attached hydrogens (primary N) is 1. The highest BCUT2D eigenvalue weighted by atomic mass is 19.1. The van der Waals surface area contributed by atoms with Crippen LogP contribution in [-0.2, 0) is 0 Å². The van der Waals surface area contributed by atoms with E-state index >= 15 is 0 Å². The van der Waals surface area contributed by atoms with Crippen molar-refractivity contribution in [3.63, 3.8) is 0 Å². The molecule has 0 radical (unpaired) electrons. The van der Waals surface area contributed by atoms with Gasteiger partial charge in [-0.25, -0.2) is 14.1 Å². The number of nitrogens with zero attached hydrogens (tertiary/aromatic N) is 4. The first kappa shape index (κ1) is 21.2. The Morgan fingerprint density at radius 2 is 1.97 bits per heavy atom. The van der Waals surface area contributed by atoms with Crippen LogP contribution in [-0.4, -0.2) is 44.4 Å². The highest BCUT2D eigenvalue weighted by Crippen LogP contribution is 2.37. The molecule has 1 saturated heterocycles. The fourth-order valence-corrected chi connectivity index (χ4v) is 5.18. The molecule has 1 atom stereocenters. The number of aromatic nitrogens is 4. The summed E-state index contributed by atoms with van der Waals surface area (Å²) in [5.41, 5.74) is 8.09. The number of rotatable bonds is 5. The van der Waals surface area contributed by atoms with Crippen LogP contribution in [0.5, 0.6) is 0 Å². The SMILES string of the molecule is NC(=O)c1c(C#Cc2cc3ncn(C4CC4)c3cc2F)nn([C@H]2CCNC2)c1NC1CCCC1. The molecule has 0 unspecified atom stereocenters. The molecule has 1 aromatic carbocycles. The number of hydrogen-bond donors (Lipinski definition) is 3. The number of primary amides is 1. The zero-order valence-electron chi connectivity index (χ0n) is 19.0. The first-order chi connectivity index (χ1) is 16.6. The van der Waals surface area contributed by atoms with Crippen LogP contribution in [0.1, 0.15) is 78.6 Å². The van der Waals surface area contributed by atoms with Crippen LogP contribution in [0, 0.1) is 17.7 Å². The molecule has 3 fully saturated rings. The van der Waals surface area contributed by atoms with Crippen LogP contribution in [0.25, 0.3) is 11.0 Å². The molecule has 4 N–H and O–H groups in total. The molecule has 0 bridgehead atoms. The van der Waals surface area contributed by atoms with Crippen LogP contribution in [0.3, 0.4) is 0 Å². The van der Waals surface area contributed by atoms with Gasteiger partial charge in [-0.05, 0) is 50.6 Å². The molecule has 6 rings (SSSR count). The highest BCUT2D eigenvalue weighted by molar-refractivity contribution is 6.00. The number of carbonyl (C=O) groups excluding carboxylic acids is 1. The summed E-state index contributed by atoms with van der Waals surface area (Å²) < 4.78 is 18.8. The lowest BCUT2D eigenvalue weighted by Gasteiger charge is -2.19. The van der Waals surface area contributed by atoms with Crippen LogP contribution in [0.4, 0.5) is 10.2 Å². The maximum Gasteiger partial charge on any atom is 0.255 e. The smallest absolute Gasteiger partial charge is 0.255 e. The fourth-order valence-electron chi connectivity index (χ4n) is 5.18. The van der Waals surface area contributed by atoms with Gasteiger partial charge in [-0.15, -0.1) is 0 Å². The zero-order valence-corrected chi connectivity index (χ0v) is 19.0. The Labute approximate surface area is 197 Å². The van der Waals surface area contributed by atoms with Crippen molar-refractivity contribution in [3.05, 3.63) is 41.1 Å². The van der Waals surface area contributed by atoms with E-state index in [2.05, 4.69) is 27.5 Å². The van der Waals surface area contributed by atoms with Crippen molar-refractivity contribution in [1.82, 2.24) is 24.6 Å². The normalized spacial score (nSPS) is 20.6. The predicted octanol–water partition coefficient (Wildman–Crippen LogP) is 3.09. The van der Waals surface area contributed by atoms with Gasteiger partial charge in [0.1, 0.15) is 17.2 Å². The maximum absolute atomic E-state index is 14.9. The van der Waals surface area contributed by atoms with E-state index in [1.807, 2.05) is 9.25 Å². The lowest BCUT2D eigenvalue weighted by Crippen LogP contribution is -2.24. The molecule has 8 nitrogen and oxygen atoms in total. The van der Waals surface area contributed by atoms with Crippen LogP contribution >= 0.6 is 0 Å². The van der Waals surface area contributed by atoms with Gasteiger partial charge in [-0.1, -0.05) is 18.8 Å². The number of carbonyl (C=O) groups is 1. The highest BCUT2D eigenvalue weighted by Gasteiger charge is 2.29. The van der Waals surface area contributed by atoms with Crippen LogP contribution in [0.15, 0.2) is 18.5 Å². The van der Waals surface area contributed by atoms with Gasteiger partial charge in [0, 0.05) is 24.7 Å². The Balaban J connectivity index is 1.40. The van der Waals surface area contributed by atoms with Gasteiger partial charge < -0.3 is 20.9 Å². The summed E-state index contributed by atoms with van der Waals surface area (Å²) >= 11 is 0. The van der Waals surface area contributed by atoms with Gasteiger partial charge in [0.15, 0.2) is 5.69 Å². The topological polar surface area (TPSA) is 103 Å². The van der Waals surface area contributed by atoms with Crippen LogP contribution in [0.2, 0.25) is 0 Å². The quantitative estimate of drug-likeness (QED) is 0.507. The molecule has 3 aromatic rings. The van der Waals surface area contributed by atoms with E-state index in [-0.39, 0.29) is 28.9 Å². The summed E-state index contributed by atoms with van der Waals surface area (Å²) in [5.74, 6) is 5.49. The summed E-state index contributed by atoms with van der Waals surface area (Å²) in [6.45, 7) is 1.65. The minimum Gasteiger partial charge on any atom is -0.367 e. The van der Waals surface area contributed by atoms with Crippen molar-refractivity contribution in [3.8, 4) is 11.8 Å². The van der Waals surface area contributed by atoms with E-state index in [0.29, 0.717) is 17.4 Å². The molecular formula is C25H28FN7O. The second kappa shape index (κ2) is 8.44. The number of benzene rings is 1. The third-order valence-corrected chi connectivity index (χ3v) is 7.15. The molecule has 2 aromatic heterocycles. The predicted molar refractivity (Wildman–Crippen MR) is 127 cm³/mol. The fraction of sp³-hybridized carbons (Fsp3) is 0.480. The largest absolute Gasteiger partial charge is 0.367 e. The van der Waals surface area contributed by atoms with Gasteiger partial charge in [0.05, 0.1) is 29.0 Å². The average molecular weight is 462 g/mol. The van der Waals surface area contributed by atoms with Crippen LogP contribution < -0.4 is 16.4 Å². The molecule has 1 aliphatic heterocycles. The van der Waals surface area contributed by atoms with E-state index in [9.17, 15) is 9.18 Å². The zero-order chi connectivity index (χ0) is 23.2. The van der Waals surface area contributed by atoms with Gasteiger partial charge in [0.2, 0.25) is 0 Å². The average Bonchev–Trinajstić information content (AvgIpc) is 3.26. The Morgan fingerprint density at radius 3 is 2.68 bits per heavy atom. The molecule has 2 aliphatic carbocycles. The first-order valence-electron chi connectivity index (χ1n) is 12.2. The standard InChI is InChI=1S/C25H28FN7O/c26-19-12-22-21(29-14-32(22)17-6-7-17)11-15(19)5-8-20-23(24(27)34)25(30-16-3-1-2-4-16)33(31-20)18-9-10-28-13-18/h11-12,14,16-18,28,30H,1-4,6-7,9-10,13H2,(H2,27,34)/t18-/m0/s1. The molecule has 34 heavy (non-hydrogen) atoms. The minimum absolute atomic E-state index is 0.108. The van der Waals surface area contributed by atoms with Crippen molar-refractivity contribution in [2.24, 2.45) is 5.73 Å². The van der Waals surface area contributed by atoms with Gasteiger partial charge >= 0.3 is 0 Å². The summed E-state index contributed by atoms with van der Waals surface area (Å²) in [7, 11) is 0. The molecule has 2 saturated carbocycles. The van der Waals surface area contributed by atoms with Crippen molar-refractivity contribution in [1.29, 1.82) is 0 Å². The lowest BCUT2D eigenvalue weighted by atomic mass is 10.1. The number of hydrogen-bond acceptors (Lipinski definition) is 5. The van der Waals surface area contributed by atoms with E-state index in [1.54, 1.807) is 12.4 Å². The van der Waals surface area contributed by atoms with Crippen molar-refractivity contribution >= 4 is 22.8 Å². The van der Waals surface area contributed by atoms with E-state index in [0.717, 1.165) is 63.6 Å². The monoisotopic (exact) mass is 461 g/mol. The first-order valence-corrected chi connectivity index (χ1v) is 12.2. The summed E-state index contributed by atoms with van der Waals surface area (Å²) in [5, 5.41) is 11.6. The number of imidazole rings is 1. The molecule has 3 heterocycles. The third kappa shape index (κ3) is 3.82. The number of nitrogens with one attached hydrogen (secondary N) is 2. The van der Waals surface area contributed by atoms with Crippen molar-refractivity contribution < 1.29 is 9.18 Å². The molecule has 3 aliphatic rings. The van der Waals surface area contributed by atoms with E-state index in [1.165, 1.54) is 6.07 Å². The van der Waals surface area contributed by atoms with E-state index in [4.69, 9.17) is 10.8 Å². The minimum atomic E-state index is -0.582.